The van der Waals surface area contributed by atoms with E-state index in [2.05, 4.69) is 51.8 Å². The normalized spacial score (nSPS) is 16.5. The van der Waals surface area contributed by atoms with Crippen LogP contribution in [0.4, 0.5) is 17.3 Å². The topological polar surface area (TPSA) is 100 Å². The molecule has 5 N–H and O–H groups in total. The van der Waals surface area contributed by atoms with Crippen LogP contribution in [0, 0.1) is 0 Å². The lowest BCUT2D eigenvalue weighted by Crippen LogP contribution is -2.40. The average Bonchev–Trinajstić information content (AvgIpc) is 2.48. The monoisotopic (exact) mass is 309 g/mol. The minimum absolute atomic E-state index is 0.0820. The number of morpholine rings is 1. The van der Waals surface area contributed by atoms with E-state index in [1.807, 2.05) is 0 Å². The lowest BCUT2D eigenvalue weighted by molar-refractivity contribution is 0.0398. The summed E-state index contributed by atoms with van der Waals surface area (Å²) < 4.78 is 5.34. The number of nitrogens with zero attached hydrogens (tertiary/aromatic N) is 3. The van der Waals surface area contributed by atoms with Gasteiger partial charge in [-0.1, -0.05) is 0 Å². The molecule has 8 nitrogen and oxygen atoms in total. The van der Waals surface area contributed by atoms with Crippen molar-refractivity contribution in [3.63, 3.8) is 0 Å². The number of rotatable bonds is 6. The van der Waals surface area contributed by atoms with Crippen molar-refractivity contribution < 1.29 is 4.74 Å². The van der Waals surface area contributed by atoms with E-state index in [9.17, 15) is 0 Å². The van der Waals surface area contributed by atoms with Gasteiger partial charge in [-0.05, 0) is 20.8 Å². The molecule has 2 heterocycles. The van der Waals surface area contributed by atoms with Gasteiger partial charge in [0.25, 0.3) is 0 Å². The van der Waals surface area contributed by atoms with Gasteiger partial charge < -0.3 is 21.2 Å². The van der Waals surface area contributed by atoms with Crippen LogP contribution in [0.2, 0.25) is 0 Å². The number of nitrogens with two attached hydrogens (primary N) is 1. The summed E-state index contributed by atoms with van der Waals surface area (Å²) in [6.07, 6.45) is 1.50. The van der Waals surface area contributed by atoms with Gasteiger partial charge in [-0.25, -0.2) is 15.4 Å². The fourth-order valence-corrected chi connectivity index (χ4v) is 2.04. The number of hydrogen-bond donors (Lipinski definition) is 4. The molecule has 0 spiro atoms. The van der Waals surface area contributed by atoms with Gasteiger partial charge in [0.05, 0.1) is 13.2 Å². The Morgan fingerprint density at radius 3 is 2.59 bits per heavy atom. The Kier molecular flexibility index (Phi) is 5.76. The fraction of sp³-hybridized carbons (Fsp3) is 0.714. The Balaban J connectivity index is 1.85. The van der Waals surface area contributed by atoms with Gasteiger partial charge in [0, 0.05) is 31.7 Å². The average molecular weight is 309 g/mol. The smallest absolute Gasteiger partial charge is 0.169 e. The summed E-state index contributed by atoms with van der Waals surface area (Å²) >= 11 is 0. The molecule has 1 aromatic rings. The van der Waals surface area contributed by atoms with Crippen LogP contribution in [-0.4, -0.2) is 59.8 Å². The summed E-state index contributed by atoms with van der Waals surface area (Å²) in [6, 6.07) is 0. The molecule has 1 aromatic heterocycles. The number of nitrogen functional groups attached to an aromatic ring is 1. The summed E-state index contributed by atoms with van der Waals surface area (Å²) in [5, 5.41) is 3.27. The van der Waals surface area contributed by atoms with Crippen molar-refractivity contribution in [2.24, 2.45) is 0 Å². The van der Waals surface area contributed by atoms with Crippen molar-refractivity contribution in [3.05, 3.63) is 6.33 Å². The van der Waals surface area contributed by atoms with E-state index in [0.717, 1.165) is 39.4 Å². The van der Waals surface area contributed by atoms with Crippen LogP contribution in [0.3, 0.4) is 0 Å². The number of ether oxygens (including phenoxy) is 1. The number of hydrazine groups is 1. The first-order valence-electron chi connectivity index (χ1n) is 7.63. The van der Waals surface area contributed by atoms with Crippen molar-refractivity contribution in [2.75, 3.05) is 55.9 Å². The molecule has 0 aliphatic carbocycles. The lowest BCUT2D eigenvalue weighted by atomic mass is 10.1. The van der Waals surface area contributed by atoms with Crippen molar-refractivity contribution in [1.29, 1.82) is 0 Å². The van der Waals surface area contributed by atoms with E-state index in [1.54, 1.807) is 0 Å². The molecule has 0 atom stereocenters. The predicted molar refractivity (Wildman–Crippen MR) is 88.7 cm³/mol. The maximum atomic E-state index is 6.11. The summed E-state index contributed by atoms with van der Waals surface area (Å²) in [6.45, 7) is 11.5. The van der Waals surface area contributed by atoms with E-state index in [0.29, 0.717) is 17.3 Å². The largest absolute Gasteiger partial charge is 0.393 e. The third-order valence-electron chi connectivity index (χ3n) is 3.26. The minimum Gasteiger partial charge on any atom is -0.393 e. The molecule has 0 amide bonds. The van der Waals surface area contributed by atoms with Gasteiger partial charge in [-0.3, -0.25) is 4.90 Å². The predicted octanol–water partition coefficient (Wildman–Crippen LogP) is 0.518. The van der Waals surface area contributed by atoms with Gasteiger partial charge in [0.1, 0.15) is 12.0 Å². The number of aromatic nitrogens is 2. The molecule has 1 fully saturated rings. The first-order chi connectivity index (χ1) is 10.5. The molecule has 0 aromatic carbocycles. The molecular weight excluding hydrogens is 282 g/mol. The first-order valence-corrected chi connectivity index (χ1v) is 7.63. The summed E-state index contributed by atoms with van der Waals surface area (Å²) in [7, 11) is 0. The Morgan fingerprint density at radius 1 is 1.23 bits per heavy atom. The molecule has 2 rings (SSSR count). The first kappa shape index (κ1) is 16.7. The molecule has 0 unspecified atom stereocenters. The molecule has 1 aliphatic rings. The van der Waals surface area contributed by atoms with E-state index in [4.69, 9.17) is 10.5 Å². The van der Waals surface area contributed by atoms with Crippen LogP contribution in [0.25, 0.3) is 0 Å². The van der Waals surface area contributed by atoms with Gasteiger partial charge in [0.15, 0.2) is 11.6 Å². The molecule has 22 heavy (non-hydrogen) atoms. The molecule has 0 radical (unpaired) electrons. The molecule has 0 saturated carbocycles. The number of hydrogen-bond acceptors (Lipinski definition) is 8. The molecule has 1 saturated heterocycles. The second-order valence-electron chi connectivity index (χ2n) is 6.37. The highest BCUT2D eigenvalue weighted by molar-refractivity contribution is 5.73. The molecular formula is C14H27N7O. The standard InChI is InChI=1S/C14H27N7O/c1-14(2,3)20-19-13-11(15)12(17-10-18-13)16-4-5-21-6-8-22-9-7-21/h10,20H,4-9,15H2,1-3H3,(H2,16,17,18,19). The highest BCUT2D eigenvalue weighted by atomic mass is 16.5. The Morgan fingerprint density at radius 2 is 1.91 bits per heavy atom. The van der Waals surface area contributed by atoms with Crippen molar-refractivity contribution >= 4 is 17.3 Å². The molecule has 8 heteroatoms. The SMILES string of the molecule is CC(C)(C)NNc1ncnc(NCCN2CCOCC2)c1N. The third-order valence-corrected chi connectivity index (χ3v) is 3.26. The second kappa shape index (κ2) is 7.57. The highest BCUT2D eigenvalue weighted by Gasteiger charge is 2.13. The fourth-order valence-electron chi connectivity index (χ4n) is 2.04. The van der Waals surface area contributed by atoms with Gasteiger partial charge in [-0.15, -0.1) is 0 Å². The van der Waals surface area contributed by atoms with Crippen LogP contribution >= 0.6 is 0 Å². The quantitative estimate of drug-likeness (QED) is 0.564. The number of anilines is 3. The zero-order valence-corrected chi connectivity index (χ0v) is 13.6. The van der Waals surface area contributed by atoms with E-state index < -0.39 is 0 Å². The van der Waals surface area contributed by atoms with Gasteiger partial charge in [-0.2, -0.15) is 0 Å². The molecule has 124 valence electrons. The molecule has 0 bridgehead atoms. The van der Waals surface area contributed by atoms with Crippen molar-refractivity contribution in [2.45, 2.75) is 26.3 Å². The van der Waals surface area contributed by atoms with Crippen molar-refractivity contribution in [1.82, 2.24) is 20.3 Å². The van der Waals surface area contributed by atoms with Gasteiger partial charge >= 0.3 is 0 Å². The van der Waals surface area contributed by atoms with E-state index in [-0.39, 0.29) is 5.54 Å². The van der Waals surface area contributed by atoms with E-state index in [1.165, 1.54) is 6.33 Å². The second-order valence-corrected chi connectivity index (χ2v) is 6.37. The third kappa shape index (κ3) is 5.28. The van der Waals surface area contributed by atoms with Crippen LogP contribution in [-0.2, 0) is 4.74 Å². The van der Waals surface area contributed by atoms with Crippen molar-refractivity contribution in [3.8, 4) is 0 Å². The maximum absolute atomic E-state index is 6.11. The van der Waals surface area contributed by atoms with Crippen LogP contribution in [0.15, 0.2) is 6.33 Å². The van der Waals surface area contributed by atoms with E-state index >= 15 is 0 Å². The maximum Gasteiger partial charge on any atom is 0.169 e. The summed E-state index contributed by atoms with van der Waals surface area (Å²) in [5.74, 6) is 1.24. The van der Waals surface area contributed by atoms with Crippen LogP contribution in [0.1, 0.15) is 20.8 Å². The Labute approximate surface area is 131 Å². The Bertz CT molecular complexity index is 469. The summed E-state index contributed by atoms with van der Waals surface area (Å²) in [5.41, 5.74) is 12.7. The Hall–Kier alpha value is -1.64. The van der Waals surface area contributed by atoms with Crippen LogP contribution < -0.4 is 21.9 Å². The molecule has 1 aliphatic heterocycles. The zero-order chi connectivity index (χ0) is 16.0. The van der Waals surface area contributed by atoms with Gasteiger partial charge in [0.2, 0.25) is 0 Å². The minimum atomic E-state index is -0.0820. The highest BCUT2D eigenvalue weighted by Crippen LogP contribution is 2.21. The lowest BCUT2D eigenvalue weighted by Gasteiger charge is -2.26. The number of nitrogens with one attached hydrogen (secondary N) is 3. The van der Waals surface area contributed by atoms with Crippen LogP contribution in [0.5, 0.6) is 0 Å². The summed E-state index contributed by atoms with van der Waals surface area (Å²) in [4.78, 5) is 10.7. The zero-order valence-electron chi connectivity index (χ0n) is 13.6.